The zero-order valence-corrected chi connectivity index (χ0v) is 8.29. The minimum absolute atomic E-state index is 0.385. The van der Waals surface area contributed by atoms with E-state index in [1.165, 1.54) is 12.8 Å². The molecule has 0 unspecified atom stereocenters. The summed E-state index contributed by atoms with van der Waals surface area (Å²) in [6.07, 6.45) is 3.19. The van der Waals surface area contributed by atoms with Crippen molar-refractivity contribution in [2.24, 2.45) is 5.92 Å². The molecule has 0 radical (unpaired) electrons. The highest BCUT2D eigenvalue weighted by atomic mass is 16.5. The Morgan fingerprint density at radius 1 is 1.42 bits per heavy atom. The van der Waals surface area contributed by atoms with Crippen LogP contribution in [0.25, 0.3) is 0 Å². The van der Waals surface area contributed by atoms with Crippen LogP contribution in [0.2, 0.25) is 0 Å². The second-order valence-corrected chi connectivity index (χ2v) is 4.50. The molecule has 1 aliphatic carbocycles. The van der Waals surface area contributed by atoms with Gasteiger partial charge in [0.1, 0.15) is 0 Å². The molecule has 3 atom stereocenters. The van der Waals surface area contributed by atoms with Crippen molar-refractivity contribution in [3.05, 3.63) is 0 Å². The lowest BCUT2D eigenvalue weighted by Gasteiger charge is -2.23. The molecule has 0 aromatic heterocycles. The number of rotatable bonds is 3. The van der Waals surface area contributed by atoms with Gasteiger partial charge in [0.15, 0.2) is 0 Å². The summed E-state index contributed by atoms with van der Waals surface area (Å²) in [5.41, 5.74) is 0. The molecule has 0 aromatic rings. The van der Waals surface area contributed by atoms with Crippen molar-refractivity contribution in [3.8, 4) is 0 Å². The van der Waals surface area contributed by atoms with Crippen LogP contribution < -0.4 is 0 Å². The van der Waals surface area contributed by atoms with E-state index >= 15 is 0 Å². The van der Waals surface area contributed by atoms with E-state index in [1.807, 2.05) is 0 Å². The van der Waals surface area contributed by atoms with Crippen molar-refractivity contribution in [3.63, 3.8) is 0 Å². The molecule has 0 aromatic carbocycles. The summed E-state index contributed by atoms with van der Waals surface area (Å²) < 4.78 is 5.62. The largest absolute Gasteiger partial charge is 0.377 e. The molecular weight excluding hydrogens is 150 g/mol. The standard InChI is InChI=1S/C10H19NO/c1-7(2)12-6-9-4-8-5-10(8)11(9)3/h7-10H,4-6H2,1-3H3/t8-,9-,10+/m1/s1. The Morgan fingerprint density at radius 3 is 2.67 bits per heavy atom. The van der Waals surface area contributed by atoms with Gasteiger partial charge in [0.05, 0.1) is 12.7 Å². The topological polar surface area (TPSA) is 12.5 Å². The lowest BCUT2D eigenvalue weighted by molar-refractivity contribution is 0.0371. The molecule has 2 nitrogen and oxygen atoms in total. The molecule has 0 N–H and O–H groups in total. The molecule has 1 heterocycles. The molecule has 0 bridgehead atoms. The van der Waals surface area contributed by atoms with Crippen molar-refractivity contribution < 1.29 is 4.74 Å². The Bertz CT molecular complexity index is 169. The fourth-order valence-electron chi connectivity index (χ4n) is 2.26. The third-order valence-electron chi connectivity index (χ3n) is 3.18. The van der Waals surface area contributed by atoms with Gasteiger partial charge >= 0.3 is 0 Å². The Morgan fingerprint density at radius 2 is 2.17 bits per heavy atom. The lowest BCUT2D eigenvalue weighted by Crippen LogP contribution is -2.33. The molecule has 2 fully saturated rings. The molecule has 2 rings (SSSR count). The van der Waals surface area contributed by atoms with Crippen molar-refractivity contribution in [1.82, 2.24) is 4.90 Å². The van der Waals surface area contributed by atoms with E-state index in [0.717, 1.165) is 18.6 Å². The summed E-state index contributed by atoms with van der Waals surface area (Å²) in [6, 6.07) is 1.61. The van der Waals surface area contributed by atoms with Gasteiger partial charge in [0.2, 0.25) is 0 Å². The van der Waals surface area contributed by atoms with Gasteiger partial charge in [-0.2, -0.15) is 0 Å². The first-order valence-corrected chi connectivity index (χ1v) is 5.02. The fourth-order valence-corrected chi connectivity index (χ4v) is 2.26. The predicted molar refractivity (Wildman–Crippen MR) is 49.2 cm³/mol. The van der Waals surface area contributed by atoms with E-state index in [-0.39, 0.29) is 0 Å². The molecule has 1 saturated heterocycles. The van der Waals surface area contributed by atoms with Gasteiger partial charge in [-0.05, 0) is 39.7 Å². The Balaban J connectivity index is 1.75. The minimum atomic E-state index is 0.385. The predicted octanol–water partition coefficient (Wildman–Crippen LogP) is 1.50. The van der Waals surface area contributed by atoms with Gasteiger partial charge in [-0.25, -0.2) is 0 Å². The maximum absolute atomic E-state index is 5.62. The van der Waals surface area contributed by atoms with Crippen LogP contribution in [0.1, 0.15) is 26.7 Å². The third kappa shape index (κ3) is 1.50. The van der Waals surface area contributed by atoms with Crippen molar-refractivity contribution in [2.45, 2.75) is 44.9 Å². The zero-order chi connectivity index (χ0) is 8.72. The van der Waals surface area contributed by atoms with Crippen molar-refractivity contribution >= 4 is 0 Å². The highest BCUT2D eigenvalue weighted by molar-refractivity contribution is 5.04. The molecule has 0 spiro atoms. The summed E-state index contributed by atoms with van der Waals surface area (Å²) in [4.78, 5) is 2.51. The van der Waals surface area contributed by atoms with E-state index in [4.69, 9.17) is 4.74 Å². The second-order valence-electron chi connectivity index (χ2n) is 4.50. The first-order valence-electron chi connectivity index (χ1n) is 5.02. The number of hydrogen-bond donors (Lipinski definition) is 0. The van der Waals surface area contributed by atoms with Crippen LogP contribution in [-0.2, 0) is 4.74 Å². The van der Waals surface area contributed by atoms with Gasteiger partial charge < -0.3 is 4.74 Å². The molecule has 0 amide bonds. The highest BCUT2D eigenvalue weighted by Gasteiger charge is 2.49. The maximum Gasteiger partial charge on any atom is 0.0625 e. The molecule has 70 valence electrons. The van der Waals surface area contributed by atoms with Gasteiger partial charge in [-0.3, -0.25) is 4.90 Å². The number of nitrogens with zero attached hydrogens (tertiary/aromatic N) is 1. The second kappa shape index (κ2) is 3.00. The van der Waals surface area contributed by atoms with Crippen LogP contribution in [0.4, 0.5) is 0 Å². The molecule has 1 saturated carbocycles. The van der Waals surface area contributed by atoms with Crippen molar-refractivity contribution in [2.75, 3.05) is 13.7 Å². The first-order chi connectivity index (χ1) is 5.68. The Kier molecular flexibility index (Phi) is 2.13. The van der Waals surface area contributed by atoms with Gasteiger partial charge in [0, 0.05) is 12.1 Å². The first kappa shape index (κ1) is 8.52. The smallest absolute Gasteiger partial charge is 0.0625 e. The number of ether oxygens (including phenoxy) is 1. The SMILES string of the molecule is CC(C)OC[C@H]1C[C@@H]2C[C@@H]2N1C. The highest BCUT2D eigenvalue weighted by Crippen LogP contribution is 2.46. The third-order valence-corrected chi connectivity index (χ3v) is 3.18. The summed E-state index contributed by atoms with van der Waals surface area (Å²) in [6.45, 7) is 5.15. The monoisotopic (exact) mass is 169 g/mol. The minimum Gasteiger partial charge on any atom is -0.377 e. The number of likely N-dealkylation sites (N-methyl/N-ethyl adjacent to an activating group) is 1. The summed E-state index contributed by atoms with van der Waals surface area (Å²) in [7, 11) is 2.24. The molecule has 1 aliphatic heterocycles. The summed E-state index contributed by atoms with van der Waals surface area (Å²) >= 11 is 0. The van der Waals surface area contributed by atoms with Gasteiger partial charge in [-0.15, -0.1) is 0 Å². The van der Waals surface area contributed by atoms with Crippen LogP contribution in [0, 0.1) is 5.92 Å². The number of likely N-dealkylation sites (tertiary alicyclic amines) is 1. The van der Waals surface area contributed by atoms with Crippen LogP contribution in [-0.4, -0.2) is 36.7 Å². The molecule has 2 aliphatic rings. The van der Waals surface area contributed by atoms with Gasteiger partial charge in [-0.1, -0.05) is 0 Å². The number of piperidine rings is 1. The summed E-state index contributed by atoms with van der Waals surface area (Å²) in [5.74, 6) is 1.01. The van der Waals surface area contributed by atoms with E-state index in [2.05, 4.69) is 25.8 Å². The number of fused-ring (bicyclic) bond motifs is 1. The summed E-state index contributed by atoms with van der Waals surface area (Å²) in [5, 5.41) is 0. The van der Waals surface area contributed by atoms with Crippen LogP contribution in [0.15, 0.2) is 0 Å². The molecular formula is C10H19NO. The molecule has 12 heavy (non-hydrogen) atoms. The molecule has 2 heteroatoms. The average Bonchev–Trinajstić information content (AvgIpc) is 2.70. The van der Waals surface area contributed by atoms with E-state index in [9.17, 15) is 0 Å². The van der Waals surface area contributed by atoms with Gasteiger partial charge in [0.25, 0.3) is 0 Å². The maximum atomic E-state index is 5.62. The Labute approximate surface area is 74.9 Å². The fraction of sp³-hybridized carbons (Fsp3) is 1.00. The average molecular weight is 169 g/mol. The van der Waals surface area contributed by atoms with Crippen LogP contribution in [0.5, 0.6) is 0 Å². The number of hydrogen-bond acceptors (Lipinski definition) is 2. The van der Waals surface area contributed by atoms with E-state index in [0.29, 0.717) is 12.1 Å². The van der Waals surface area contributed by atoms with Crippen molar-refractivity contribution in [1.29, 1.82) is 0 Å². The Hall–Kier alpha value is -0.0800. The quantitative estimate of drug-likeness (QED) is 0.635. The van der Waals surface area contributed by atoms with Crippen LogP contribution in [0.3, 0.4) is 0 Å². The lowest BCUT2D eigenvalue weighted by atomic mass is 10.2. The van der Waals surface area contributed by atoms with E-state index < -0.39 is 0 Å². The normalized spacial score (nSPS) is 40.5. The van der Waals surface area contributed by atoms with Crippen LogP contribution >= 0.6 is 0 Å². The zero-order valence-electron chi connectivity index (χ0n) is 8.29. The van der Waals surface area contributed by atoms with E-state index in [1.54, 1.807) is 0 Å².